The first-order chi connectivity index (χ1) is 25.2. The molecule has 0 spiro atoms. The van der Waals surface area contributed by atoms with Crippen molar-refractivity contribution in [1.29, 1.82) is 0 Å². The van der Waals surface area contributed by atoms with Gasteiger partial charge in [-0.15, -0.1) is 0 Å². The maximum absolute atomic E-state index is 8.86. The lowest BCUT2D eigenvalue weighted by atomic mass is 9.84. The predicted octanol–water partition coefficient (Wildman–Crippen LogP) is 11.3. The molecule has 0 radical (unpaired) electrons. The van der Waals surface area contributed by atoms with Crippen LogP contribution in [0.25, 0.3) is 76.5 Å². The van der Waals surface area contributed by atoms with Crippen molar-refractivity contribution in [3.63, 3.8) is 0 Å². The molecule has 0 heterocycles. The number of hydrogen-bond donors (Lipinski definition) is 0. The molecule has 0 nitrogen and oxygen atoms in total. The lowest BCUT2D eigenvalue weighted by Gasteiger charge is -2.19. The Morgan fingerprint density at radius 3 is 1.57 bits per heavy atom. The van der Waals surface area contributed by atoms with Gasteiger partial charge in [-0.3, -0.25) is 0 Å². The van der Waals surface area contributed by atoms with E-state index in [1.54, 1.807) is 12.1 Å². The fourth-order valence-electron chi connectivity index (χ4n) is 5.72. The smallest absolute Gasteiger partial charge is 0.0622 e. The maximum atomic E-state index is 8.86. The van der Waals surface area contributed by atoms with Crippen LogP contribution in [-0.2, 0) is 0 Å². The monoisotopic (exact) mass is 519 g/mol. The second-order valence-corrected chi connectivity index (χ2v) is 9.53. The first-order valence-corrected chi connectivity index (χ1v) is 12.8. The Balaban J connectivity index is 1.51. The molecule has 0 bridgehead atoms. The highest BCUT2D eigenvalue weighted by atomic mass is 14.2. The fourth-order valence-corrected chi connectivity index (χ4v) is 5.72. The second kappa shape index (κ2) is 9.22. The molecular weight excluding hydrogens is 480 g/mol. The minimum atomic E-state index is -0.559. The molecule has 40 heavy (non-hydrogen) atoms. The van der Waals surface area contributed by atoms with Crippen molar-refractivity contribution >= 4 is 43.1 Å². The number of hydrogen-bond acceptors (Lipinski definition) is 0. The van der Waals surface area contributed by atoms with E-state index < -0.39 is 30.2 Å². The summed E-state index contributed by atoms with van der Waals surface area (Å²) in [4.78, 5) is 0. The van der Waals surface area contributed by atoms with Crippen LogP contribution in [0.5, 0.6) is 0 Å². The maximum Gasteiger partial charge on any atom is 0.0629 e. The van der Waals surface area contributed by atoms with Gasteiger partial charge in [0.15, 0.2) is 0 Å². The summed E-state index contributed by atoms with van der Waals surface area (Å²) in [5, 5.41) is 3.95. The quantitative estimate of drug-likeness (QED) is 0.204. The summed E-state index contributed by atoms with van der Waals surface area (Å²) in [6.07, 6.45) is 0. The van der Waals surface area contributed by atoms with Gasteiger partial charge in [-0.1, -0.05) is 151 Å². The summed E-state index contributed by atoms with van der Waals surface area (Å²) in [5.41, 5.74) is 2.86. The van der Waals surface area contributed by atoms with Crippen molar-refractivity contribution in [3.8, 4) is 33.4 Å². The molecule has 0 amide bonds. The van der Waals surface area contributed by atoms with E-state index in [-0.39, 0.29) is 59.5 Å². The van der Waals surface area contributed by atoms with E-state index in [0.717, 1.165) is 21.9 Å². The summed E-state index contributed by atoms with van der Waals surface area (Å²) in [7, 11) is 0. The number of benzene rings is 8. The van der Waals surface area contributed by atoms with Crippen LogP contribution in [-0.4, -0.2) is 0 Å². The molecular formula is C40H26. The predicted molar refractivity (Wildman–Crippen MR) is 173 cm³/mol. The van der Waals surface area contributed by atoms with E-state index >= 15 is 0 Å². The zero-order chi connectivity index (χ0) is 37.8. The molecule has 8 aromatic carbocycles. The first kappa shape index (κ1) is 13.2. The van der Waals surface area contributed by atoms with Crippen LogP contribution in [0, 0.1) is 0 Å². The zero-order valence-electron chi connectivity index (χ0n) is 34.0. The fraction of sp³-hybridized carbons (Fsp3) is 0. The number of rotatable bonds is 3. The topological polar surface area (TPSA) is 0 Å². The van der Waals surface area contributed by atoms with Crippen LogP contribution < -0.4 is 0 Å². The summed E-state index contributed by atoms with van der Waals surface area (Å²) in [6.45, 7) is 0. The molecule has 0 unspecified atom stereocenters. The molecule has 0 N–H and O–H groups in total. The van der Waals surface area contributed by atoms with Gasteiger partial charge in [-0.25, -0.2) is 0 Å². The van der Waals surface area contributed by atoms with Crippen molar-refractivity contribution in [1.82, 2.24) is 0 Å². The minimum absolute atomic E-state index is 0.102. The normalized spacial score (nSPS) is 16.1. The summed E-state index contributed by atoms with van der Waals surface area (Å²) >= 11 is 0. The highest BCUT2D eigenvalue weighted by Crippen LogP contribution is 2.46. The van der Waals surface area contributed by atoms with E-state index in [1.165, 1.54) is 24.3 Å². The Labute approximate surface area is 252 Å². The Kier molecular flexibility index (Phi) is 3.05. The summed E-state index contributed by atoms with van der Waals surface area (Å²) in [6, 6.07) is 18.6. The lowest BCUT2D eigenvalue weighted by Crippen LogP contribution is -1.92. The van der Waals surface area contributed by atoms with E-state index in [2.05, 4.69) is 0 Å². The van der Waals surface area contributed by atoms with Crippen molar-refractivity contribution in [2.45, 2.75) is 0 Å². The van der Waals surface area contributed by atoms with E-state index in [4.69, 9.17) is 17.8 Å². The summed E-state index contributed by atoms with van der Waals surface area (Å²) < 4.78 is 111. The molecule has 0 aromatic heterocycles. The van der Waals surface area contributed by atoms with E-state index in [9.17, 15) is 0 Å². The molecule has 186 valence electrons. The molecule has 0 aliphatic rings. The third-order valence-corrected chi connectivity index (χ3v) is 7.42. The third kappa shape index (κ3) is 3.54. The van der Waals surface area contributed by atoms with Gasteiger partial charge in [-0.2, -0.15) is 0 Å². The first-order valence-electron chi connectivity index (χ1n) is 19.3. The molecule has 8 rings (SSSR count). The van der Waals surface area contributed by atoms with Gasteiger partial charge in [0.25, 0.3) is 0 Å². The van der Waals surface area contributed by atoms with Gasteiger partial charge < -0.3 is 0 Å². The van der Waals surface area contributed by atoms with Gasteiger partial charge >= 0.3 is 0 Å². The van der Waals surface area contributed by atoms with Crippen LogP contribution in [0.15, 0.2) is 157 Å². The lowest BCUT2D eigenvalue weighted by molar-refractivity contribution is 1.65. The van der Waals surface area contributed by atoms with Crippen molar-refractivity contribution < 1.29 is 17.8 Å². The Bertz CT molecular complexity index is 2840. The van der Waals surface area contributed by atoms with Gasteiger partial charge in [-0.05, 0) is 82.5 Å². The third-order valence-electron chi connectivity index (χ3n) is 7.42. The highest BCUT2D eigenvalue weighted by Gasteiger charge is 2.18. The van der Waals surface area contributed by atoms with Crippen LogP contribution in [0.3, 0.4) is 0 Å². The van der Waals surface area contributed by atoms with Gasteiger partial charge in [0, 0.05) is 0 Å². The van der Waals surface area contributed by atoms with Crippen molar-refractivity contribution in [2.75, 3.05) is 0 Å². The van der Waals surface area contributed by atoms with Gasteiger partial charge in [0.2, 0.25) is 0 Å². The van der Waals surface area contributed by atoms with Crippen LogP contribution >= 0.6 is 0 Å². The van der Waals surface area contributed by atoms with Crippen LogP contribution in [0.1, 0.15) is 17.8 Å². The second-order valence-electron chi connectivity index (χ2n) is 9.53. The Morgan fingerprint density at radius 1 is 0.350 bits per heavy atom. The minimum Gasteiger partial charge on any atom is -0.0622 e. The molecule has 0 fully saturated rings. The standard InChI is InChI=1S/C40H26/c1-2-13-28(14-3-1)39-35-16-6-8-18-37(35)40(38-19-9-7-17-36(38)39)34-23-11-21-32-31(20-10-22-33(32)34)30-25-24-27-12-4-5-15-29(27)26-30/h1-26H/i1D,2D,3D,4D,5D,6D,7D,8D,9D,12D,13D,14D,15D. The Morgan fingerprint density at radius 2 is 0.900 bits per heavy atom. The largest absolute Gasteiger partial charge is 0.0629 e. The zero-order valence-corrected chi connectivity index (χ0v) is 21.0. The molecule has 0 saturated carbocycles. The van der Waals surface area contributed by atoms with Gasteiger partial charge in [0.1, 0.15) is 0 Å². The summed E-state index contributed by atoms with van der Waals surface area (Å²) in [5.74, 6) is 0. The van der Waals surface area contributed by atoms with E-state index in [1.807, 2.05) is 42.5 Å². The highest BCUT2D eigenvalue weighted by molar-refractivity contribution is 6.24. The van der Waals surface area contributed by atoms with E-state index in [0.29, 0.717) is 43.4 Å². The van der Waals surface area contributed by atoms with Crippen LogP contribution in [0.2, 0.25) is 0 Å². The number of fused-ring (bicyclic) bond motifs is 4. The molecule has 0 aliphatic heterocycles. The average Bonchev–Trinajstić information content (AvgIpc) is 3.15. The molecule has 0 saturated heterocycles. The average molecular weight is 520 g/mol. The van der Waals surface area contributed by atoms with Crippen molar-refractivity contribution in [3.05, 3.63) is 157 Å². The molecule has 0 atom stereocenters. The molecule has 0 heteroatoms. The van der Waals surface area contributed by atoms with Gasteiger partial charge in [0.05, 0.1) is 17.8 Å². The van der Waals surface area contributed by atoms with Crippen LogP contribution in [0.4, 0.5) is 0 Å². The molecule has 0 aliphatic carbocycles. The Hall–Kier alpha value is -5.20. The molecule has 8 aromatic rings. The SMILES string of the molecule is [2H]c1cc2c(-c3c([2H])c([2H])c([2H])c([2H])c3[2H])c3cc([2H])c([2H])cc3c(-c3cccc4c(-c5ccc6c([2H])c([2H])c([2H])c([2H])c6c5)cccc34)c2cc1[2H]. The van der Waals surface area contributed by atoms with Crippen molar-refractivity contribution in [2.24, 2.45) is 0 Å².